The van der Waals surface area contributed by atoms with E-state index in [2.05, 4.69) is 0 Å². The fraction of sp³-hybridized carbons (Fsp3) is 0.364. The molecule has 0 heterocycles. The normalized spacial score (nSPS) is 12.4. The van der Waals surface area contributed by atoms with Gasteiger partial charge in [0.05, 0.1) is 16.0 Å². The van der Waals surface area contributed by atoms with E-state index < -0.39 is 11.9 Å². The van der Waals surface area contributed by atoms with Gasteiger partial charge >= 0.3 is 5.97 Å². The summed E-state index contributed by atoms with van der Waals surface area (Å²) in [6.45, 7) is 0.342. The monoisotopic (exact) mass is 261 g/mol. The van der Waals surface area contributed by atoms with Gasteiger partial charge in [0, 0.05) is 0 Å². The summed E-state index contributed by atoms with van der Waals surface area (Å²) in [6, 6.07) is 5.21. The quantitative estimate of drug-likeness (QED) is 0.857. The predicted molar refractivity (Wildman–Crippen MR) is 65.0 cm³/mol. The van der Waals surface area contributed by atoms with E-state index in [1.54, 1.807) is 18.2 Å². The number of hydrogen-bond acceptors (Lipinski definition) is 2. The highest BCUT2D eigenvalue weighted by molar-refractivity contribution is 6.42. The Kier molecular flexibility index (Phi) is 5.06. The van der Waals surface area contributed by atoms with Gasteiger partial charge in [-0.05, 0) is 31.0 Å². The van der Waals surface area contributed by atoms with Crippen LogP contribution in [0.25, 0.3) is 0 Å². The van der Waals surface area contributed by atoms with Crippen molar-refractivity contribution in [3.63, 3.8) is 0 Å². The van der Waals surface area contributed by atoms with E-state index in [1.807, 2.05) is 0 Å². The van der Waals surface area contributed by atoms with Crippen LogP contribution >= 0.6 is 23.2 Å². The molecule has 1 rings (SSSR count). The zero-order chi connectivity index (χ0) is 12.1. The van der Waals surface area contributed by atoms with Gasteiger partial charge < -0.3 is 10.8 Å². The third-order valence-electron chi connectivity index (χ3n) is 2.36. The molecule has 0 bridgehead atoms. The average molecular weight is 262 g/mol. The lowest BCUT2D eigenvalue weighted by Gasteiger charge is -2.12. The van der Waals surface area contributed by atoms with Crippen molar-refractivity contribution in [2.75, 3.05) is 6.54 Å². The summed E-state index contributed by atoms with van der Waals surface area (Å²) >= 11 is 11.8. The van der Waals surface area contributed by atoms with Crippen molar-refractivity contribution in [1.29, 1.82) is 0 Å². The number of carbonyl (C=O) groups is 1. The third-order valence-corrected chi connectivity index (χ3v) is 3.22. The molecule has 0 aliphatic rings. The summed E-state index contributed by atoms with van der Waals surface area (Å²) in [5.74, 6) is -1.37. The number of nitrogens with two attached hydrogens (primary N) is 1. The van der Waals surface area contributed by atoms with Crippen LogP contribution in [0.2, 0.25) is 10.0 Å². The third kappa shape index (κ3) is 3.37. The summed E-state index contributed by atoms with van der Waals surface area (Å²) in [5, 5.41) is 9.86. The van der Waals surface area contributed by atoms with Gasteiger partial charge in [-0.3, -0.25) is 4.79 Å². The van der Waals surface area contributed by atoms with Gasteiger partial charge in [0.1, 0.15) is 0 Å². The Morgan fingerprint density at radius 2 is 2.12 bits per heavy atom. The second-order valence-electron chi connectivity index (χ2n) is 3.53. The van der Waals surface area contributed by atoms with Crippen molar-refractivity contribution >= 4 is 29.2 Å². The molecular formula is C11H13Cl2NO2. The van der Waals surface area contributed by atoms with Crippen molar-refractivity contribution in [2.24, 2.45) is 11.7 Å². The van der Waals surface area contributed by atoms with Crippen molar-refractivity contribution in [3.05, 3.63) is 33.8 Å². The molecule has 1 atom stereocenters. The number of benzene rings is 1. The molecule has 0 saturated heterocycles. The molecule has 3 N–H and O–H groups in total. The molecule has 0 fully saturated rings. The van der Waals surface area contributed by atoms with Crippen LogP contribution in [-0.4, -0.2) is 17.6 Å². The van der Waals surface area contributed by atoms with Gasteiger partial charge in [-0.15, -0.1) is 0 Å². The second-order valence-corrected chi connectivity index (χ2v) is 4.31. The summed E-state index contributed by atoms with van der Waals surface area (Å²) < 4.78 is 0. The van der Waals surface area contributed by atoms with Crippen LogP contribution in [0.1, 0.15) is 12.0 Å². The van der Waals surface area contributed by atoms with E-state index >= 15 is 0 Å². The van der Waals surface area contributed by atoms with Crippen LogP contribution in [0.4, 0.5) is 0 Å². The minimum absolute atomic E-state index is 0.342. The maximum atomic E-state index is 11.0. The fourth-order valence-corrected chi connectivity index (χ4v) is 1.88. The molecule has 0 saturated carbocycles. The Balaban J connectivity index is 2.85. The summed E-state index contributed by atoms with van der Waals surface area (Å²) in [5.41, 5.74) is 6.11. The second kappa shape index (κ2) is 6.09. The molecular weight excluding hydrogens is 249 g/mol. The highest BCUT2D eigenvalue weighted by Gasteiger charge is 2.18. The highest BCUT2D eigenvalue weighted by atomic mass is 35.5. The minimum atomic E-state index is -0.860. The van der Waals surface area contributed by atoms with E-state index in [0.717, 1.165) is 5.56 Å². The number of hydrogen-bond donors (Lipinski definition) is 2. The van der Waals surface area contributed by atoms with Crippen molar-refractivity contribution in [1.82, 2.24) is 0 Å². The predicted octanol–water partition coefficient (Wildman–Crippen LogP) is 2.59. The van der Waals surface area contributed by atoms with Gasteiger partial charge in [0.25, 0.3) is 0 Å². The van der Waals surface area contributed by atoms with Crippen LogP contribution in [0.3, 0.4) is 0 Å². The zero-order valence-electron chi connectivity index (χ0n) is 8.62. The average Bonchev–Trinajstić information content (AvgIpc) is 2.23. The van der Waals surface area contributed by atoms with E-state index in [-0.39, 0.29) is 0 Å². The highest BCUT2D eigenvalue weighted by Crippen LogP contribution is 2.27. The first kappa shape index (κ1) is 13.3. The number of carboxylic acid groups (broad SMARTS) is 1. The van der Waals surface area contributed by atoms with Crippen molar-refractivity contribution in [2.45, 2.75) is 12.8 Å². The molecule has 0 radical (unpaired) electrons. The molecule has 0 aliphatic carbocycles. The first-order valence-electron chi connectivity index (χ1n) is 4.92. The first-order chi connectivity index (χ1) is 7.56. The SMILES string of the molecule is NCCC(Cc1cccc(Cl)c1Cl)C(=O)O. The van der Waals surface area contributed by atoms with Crippen LogP contribution in [0.5, 0.6) is 0 Å². The lowest BCUT2D eigenvalue weighted by molar-refractivity contribution is -0.141. The van der Waals surface area contributed by atoms with Crippen LogP contribution in [-0.2, 0) is 11.2 Å². The zero-order valence-corrected chi connectivity index (χ0v) is 10.1. The summed E-state index contributed by atoms with van der Waals surface area (Å²) in [4.78, 5) is 11.0. The maximum absolute atomic E-state index is 11.0. The lowest BCUT2D eigenvalue weighted by Crippen LogP contribution is -2.20. The van der Waals surface area contributed by atoms with E-state index in [1.165, 1.54) is 0 Å². The van der Waals surface area contributed by atoms with Crippen molar-refractivity contribution < 1.29 is 9.90 Å². The molecule has 3 nitrogen and oxygen atoms in total. The van der Waals surface area contributed by atoms with E-state index in [9.17, 15) is 4.79 Å². The molecule has 0 aromatic heterocycles. The molecule has 0 amide bonds. The minimum Gasteiger partial charge on any atom is -0.481 e. The lowest BCUT2D eigenvalue weighted by atomic mass is 9.96. The Morgan fingerprint density at radius 3 is 2.69 bits per heavy atom. The fourth-order valence-electron chi connectivity index (χ4n) is 1.49. The topological polar surface area (TPSA) is 63.3 Å². The molecule has 16 heavy (non-hydrogen) atoms. The summed E-state index contributed by atoms with van der Waals surface area (Å²) in [7, 11) is 0. The molecule has 0 aliphatic heterocycles. The van der Waals surface area contributed by atoms with Gasteiger partial charge in [-0.25, -0.2) is 0 Å². The Labute approximate surface area is 104 Å². The van der Waals surface area contributed by atoms with Gasteiger partial charge in [-0.2, -0.15) is 0 Å². The Bertz CT molecular complexity index is 382. The number of carboxylic acids is 1. The van der Waals surface area contributed by atoms with E-state index in [4.69, 9.17) is 34.0 Å². The van der Waals surface area contributed by atoms with Gasteiger partial charge in [0.15, 0.2) is 0 Å². The van der Waals surface area contributed by atoms with Crippen LogP contribution < -0.4 is 5.73 Å². The van der Waals surface area contributed by atoms with Crippen LogP contribution in [0.15, 0.2) is 18.2 Å². The number of halogens is 2. The molecule has 1 aromatic rings. The van der Waals surface area contributed by atoms with E-state index in [0.29, 0.717) is 29.4 Å². The Hall–Kier alpha value is -0.770. The molecule has 88 valence electrons. The maximum Gasteiger partial charge on any atom is 0.306 e. The number of aliphatic carboxylic acids is 1. The van der Waals surface area contributed by atoms with Gasteiger partial charge in [-0.1, -0.05) is 35.3 Å². The molecule has 1 unspecified atom stereocenters. The molecule has 1 aromatic carbocycles. The standard InChI is InChI=1S/C11H13Cl2NO2/c12-9-3-1-2-7(10(9)13)6-8(4-5-14)11(15)16/h1-3,8H,4-6,14H2,(H,15,16). The summed E-state index contributed by atoms with van der Waals surface area (Å²) in [6.07, 6.45) is 0.782. The van der Waals surface area contributed by atoms with Gasteiger partial charge in [0.2, 0.25) is 0 Å². The largest absolute Gasteiger partial charge is 0.481 e. The number of rotatable bonds is 5. The first-order valence-corrected chi connectivity index (χ1v) is 5.67. The Morgan fingerprint density at radius 1 is 1.44 bits per heavy atom. The molecule has 5 heteroatoms. The smallest absolute Gasteiger partial charge is 0.306 e. The van der Waals surface area contributed by atoms with Crippen LogP contribution in [0, 0.1) is 5.92 Å². The van der Waals surface area contributed by atoms with Crippen molar-refractivity contribution in [3.8, 4) is 0 Å². The molecule has 0 spiro atoms.